The lowest BCUT2D eigenvalue weighted by molar-refractivity contribution is -0.00519. The molecule has 20 heavy (non-hydrogen) atoms. The van der Waals surface area contributed by atoms with Gasteiger partial charge >= 0.3 is 0 Å². The van der Waals surface area contributed by atoms with Gasteiger partial charge in [-0.05, 0) is 77.0 Å². The molecule has 1 saturated heterocycles. The number of rotatable bonds is 4. The lowest BCUT2D eigenvalue weighted by atomic mass is 9.70. The molecule has 3 heteroatoms. The molecule has 0 radical (unpaired) electrons. The quantitative estimate of drug-likeness (QED) is 0.859. The predicted octanol–water partition coefficient (Wildman–Crippen LogP) is 2.41. The van der Waals surface area contributed by atoms with Crippen molar-refractivity contribution < 1.29 is 0 Å². The van der Waals surface area contributed by atoms with Crippen LogP contribution in [0, 0.1) is 17.8 Å². The average Bonchev–Trinajstić information content (AvgIpc) is 2.37. The maximum Gasteiger partial charge on any atom is 0.0336 e. The number of piperidine rings is 1. The zero-order chi connectivity index (χ0) is 14.8. The number of likely N-dealkylation sites (tertiary alicyclic amines) is 1. The zero-order valence-corrected chi connectivity index (χ0v) is 14.1. The van der Waals surface area contributed by atoms with E-state index in [9.17, 15) is 0 Å². The van der Waals surface area contributed by atoms with E-state index in [-0.39, 0.29) is 0 Å². The molecule has 0 bridgehead atoms. The van der Waals surface area contributed by atoms with Crippen LogP contribution in [0.1, 0.15) is 46.0 Å². The van der Waals surface area contributed by atoms with E-state index < -0.39 is 0 Å². The Bertz CT molecular complexity index is 285. The number of hydrogen-bond acceptors (Lipinski definition) is 3. The van der Waals surface area contributed by atoms with Crippen LogP contribution in [0.3, 0.4) is 0 Å². The van der Waals surface area contributed by atoms with Crippen LogP contribution in [0.4, 0.5) is 0 Å². The fraction of sp³-hybridized carbons (Fsp3) is 1.00. The molecule has 0 aromatic rings. The predicted molar refractivity (Wildman–Crippen MR) is 86.8 cm³/mol. The molecule has 0 amide bonds. The Balaban J connectivity index is 1.96. The molecule has 2 rings (SSSR count). The third kappa shape index (κ3) is 3.75. The Labute approximate surface area is 125 Å². The summed E-state index contributed by atoms with van der Waals surface area (Å²) in [7, 11) is 4.39. The minimum Gasteiger partial charge on any atom is -0.329 e. The van der Waals surface area contributed by atoms with Crippen LogP contribution < -0.4 is 5.73 Å². The van der Waals surface area contributed by atoms with Gasteiger partial charge in [0.15, 0.2) is 0 Å². The van der Waals surface area contributed by atoms with E-state index >= 15 is 0 Å². The number of hydrogen-bond donors (Lipinski definition) is 1. The van der Waals surface area contributed by atoms with Crippen LogP contribution in [-0.4, -0.2) is 55.6 Å². The second kappa shape index (κ2) is 6.76. The van der Waals surface area contributed by atoms with Crippen LogP contribution in [0.2, 0.25) is 0 Å². The lowest BCUT2D eigenvalue weighted by Crippen LogP contribution is -2.59. The van der Waals surface area contributed by atoms with Gasteiger partial charge in [0.05, 0.1) is 0 Å². The molecule has 2 fully saturated rings. The van der Waals surface area contributed by atoms with Crippen molar-refractivity contribution in [2.45, 2.75) is 51.5 Å². The van der Waals surface area contributed by atoms with Gasteiger partial charge in [0.25, 0.3) is 0 Å². The maximum atomic E-state index is 6.26. The van der Waals surface area contributed by atoms with Gasteiger partial charge in [-0.2, -0.15) is 0 Å². The lowest BCUT2D eigenvalue weighted by Gasteiger charge is -2.52. The molecule has 118 valence electrons. The highest BCUT2D eigenvalue weighted by Gasteiger charge is 2.42. The number of nitrogens with zero attached hydrogens (tertiary/aromatic N) is 2. The Morgan fingerprint density at radius 1 is 1.10 bits per heavy atom. The highest BCUT2D eigenvalue weighted by molar-refractivity contribution is 4.99. The van der Waals surface area contributed by atoms with Crippen molar-refractivity contribution in [1.82, 2.24) is 9.80 Å². The van der Waals surface area contributed by atoms with Gasteiger partial charge in [-0.15, -0.1) is 0 Å². The van der Waals surface area contributed by atoms with Gasteiger partial charge in [-0.1, -0.05) is 13.8 Å². The van der Waals surface area contributed by atoms with Gasteiger partial charge < -0.3 is 10.6 Å². The summed E-state index contributed by atoms with van der Waals surface area (Å²) in [4.78, 5) is 5.09. The summed E-state index contributed by atoms with van der Waals surface area (Å²) in [6.45, 7) is 9.44. The van der Waals surface area contributed by atoms with Crippen LogP contribution in [0.5, 0.6) is 0 Å². The minimum absolute atomic E-state index is 0.306. The van der Waals surface area contributed by atoms with Crippen molar-refractivity contribution >= 4 is 0 Å². The van der Waals surface area contributed by atoms with Crippen molar-refractivity contribution in [1.29, 1.82) is 0 Å². The molecule has 0 spiro atoms. The van der Waals surface area contributed by atoms with Crippen molar-refractivity contribution in [3.05, 3.63) is 0 Å². The van der Waals surface area contributed by atoms with Gasteiger partial charge in [0.1, 0.15) is 0 Å². The third-order valence-electron chi connectivity index (χ3n) is 5.55. The van der Waals surface area contributed by atoms with Gasteiger partial charge in [-0.25, -0.2) is 0 Å². The summed E-state index contributed by atoms with van der Waals surface area (Å²) in [5, 5.41) is 0. The molecule has 1 aliphatic heterocycles. The van der Waals surface area contributed by atoms with Crippen molar-refractivity contribution in [3.63, 3.8) is 0 Å². The minimum atomic E-state index is 0.306. The Morgan fingerprint density at radius 2 is 1.65 bits per heavy atom. The Hall–Kier alpha value is -0.120. The van der Waals surface area contributed by atoms with Gasteiger partial charge in [-0.3, -0.25) is 4.90 Å². The summed E-state index contributed by atoms with van der Waals surface area (Å²) in [6.07, 6.45) is 6.71. The van der Waals surface area contributed by atoms with E-state index in [1.165, 1.54) is 51.7 Å². The van der Waals surface area contributed by atoms with E-state index in [1.807, 2.05) is 0 Å². The molecular weight excluding hydrogens is 246 g/mol. The van der Waals surface area contributed by atoms with E-state index in [0.29, 0.717) is 5.54 Å². The summed E-state index contributed by atoms with van der Waals surface area (Å²) in [5.41, 5.74) is 6.56. The number of nitrogens with two attached hydrogens (primary N) is 1. The molecule has 2 N–H and O–H groups in total. The first-order chi connectivity index (χ1) is 9.45. The summed E-state index contributed by atoms with van der Waals surface area (Å²) in [6, 6.07) is 0. The first-order valence-electron chi connectivity index (χ1n) is 8.55. The highest BCUT2D eigenvalue weighted by Crippen LogP contribution is 2.40. The Kier molecular flexibility index (Phi) is 5.49. The largest absolute Gasteiger partial charge is 0.329 e. The fourth-order valence-electron chi connectivity index (χ4n) is 4.89. The van der Waals surface area contributed by atoms with Crippen molar-refractivity contribution in [2.75, 3.05) is 40.3 Å². The van der Waals surface area contributed by atoms with Crippen molar-refractivity contribution in [2.24, 2.45) is 23.5 Å². The highest BCUT2D eigenvalue weighted by atomic mass is 15.2. The van der Waals surface area contributed by atoms with Crippen molar-refractivity contribution in [3.8, 4) is 0 Å². The third-order valence-corrected chi connectivity index (χ3v) is 5.55. The van der Waals surface area contributed by atoms with Crippen LogP contribution in [0.15, 0.2) is 0 Å². The van der Waals surface area contributed by atoms with E-state index in [0.717, 1.165) is 24.3 Å². The second-order valence-electron chi connectivity index (χ2n) is 7.98. The monoisotopic (exact) mass is 281 g/mol. The molecule has 3 nitrogen and oxygen atoms in total. The van der Waals surface area contributed by atoms with Gasteiger partial charge in [0.2, 0.25) is 0 Å². The smallest absolute Gasteiger partial charge is 0.0336 e. The zero-order valence-electron chi connectivity index (χ0n) is 14.1. The SMILES string of the molecule is CC1CC(C)CC(CN)(N2CCC(CN(C)C)CC2)C1. The molecule has 0 aromatic carbocycles. The first-order valence-corrected chi connectivity index (χ1v) is 8.55. The second-order valence-corrected chi connectivity index (χ2v) is 7.98. The molecular formula is C17H35N3. The molecule has 1 heterocycles. The normalized spacial score (nSPS) is 37.5. The maximum absolute atomic E-state index is 6.26. The molecule has 2 atom stereocenters. The van der Waals surface area contributed by atoms with Crippen LogP contribution in [-0.2, 0) is 0 Å². The van der Waals surface area contributed by atoms with Crippen LogP contribution in [0.25, 0.3) is 0 Å². The molecule has 2 aliphatic rings. The van der Waals surface area contributed by atoms with E-state index in [2.05, 4.69) is 37.7 Å². The molecule has 1 aliphatic carbocycles. The average molecular weight is 281 g/mol. The first kappa shape index (κ1) is 16.3. The summed E-state index contributed by atoms with van der Waals surface area (Å²) >= 11 is 0. The fourth-order valence-corrected chi connectivity index (χ4v) is 4.89. The molecule has 0 aromatic heterocycles. The topological polar surface area (TPSA) is 32.5 Å². The van der Waals surface area contributed by atoms with Crippen LogP contribution >= 0.6 is 0 Å². The van der Waals surface area contributed by atoms with Gasteiger partial charge in [0, 0.05) is 18.6 Å². The summed E-state index contributed by atoms with van der Waals surface area (Å²) in [5.74, 6) is 2.55. The Morgan fingerprint density at radius 3 is 2.10 bits per heavy atom. The summed E-state index contributed by atoms with van der Waals surface area (Å²) < 4.78 is 0. The molecule has 1 saturated carbocycles. The van der Waals surface area contributed by atoms with E-state index in [1.54, 1.807) is 0 Å². The molecule has 2 unspecified atom stereocenters. The van der Waals surface area contributed by atoms with E-state index in [4.69, 9.17) is 5.73 Å². The standard InChI is InChI=1S/C17H35N3/c1-14-9-15(2)11-17(10-14,13-18)20-7-5-16(6-8-20)12-19(3)4/h14-16H,5-13,18H2,1-4H3.